The molecule has 1 heterocycles. The summed E-state index contributed by atoms with van der Waals surface area (Å²) in [5.41, 5.74) is 0.963. The maximum atomic E-state index is 12.7. The van der Waals surface area contributed by atoms with E-state index < -0.39 is 20.4 Å². The molecule has 0 saturated carbocycles. The van der Waals surface area contributed by atoms with E-state index in [2.05, 4.69) is 33.9 Å². The lowest BCUT2D eigenvalue weighted by molar-refractivity contribution is -0.131. The van der Waals surface area contributed by atoms with Gasteiger partial charge in [0.05, 0.1) is 6.42 Å². The molecule has 2 aromatic rings. The molecule has 0 bridgehead atoms. The van der Waals surface area contributed by atoms with Gasteiger partial charge in [-0.2, -0.15) is 0 Å². The Kier molecular flexibility index (Phi) is 5.69. The number of rotatable bonds is 4. The van der Waals surface area contributed by atoms with Crippen LogP contribution in [0.1, 0.15) is 56.1 Å². The normalized spacial score (nSPS) is 16.5. The van der Waals surface area contributed by atoms with Gasteiger partial charge in [0, 0.05) is 19.1 Å². The number of hydrogen-bond donors (Lipinski definition) is 1. The summed E-state index contributed by atoms with van der Waals surface area (Å²) in [4.78, 5) is 23.8. The summed E-state index contributed by atoms with van der Waals surface area (Å²) in [6, 6.07) is 10.0. The van der Waals surface area contributed by atoms with Gasteiger partial charge in [-0.05, 0) is 35.8 Å². The Bertz CT molecular complexity index is 972. The number of carbonyl (C=O) groups is 2. The van der Waals surface area contributed by atoms with Crippen LogP contribution in [0.4, 0.5) is 0 Å². The molecule has 1 aliphatic heterocycles. The van der Waals surface area contributed by atoms with E-state index >= 15 is 0 Å². The summed E-state index contributed by atoms with van der Waals surface area (Å²) in [5.74, 6) is 0.518. The minimum Gasteiger partial charge on any atom is -0.543 e. The highest BCUT2D eigenvalue weighted by Gasteiger charge is 2.40. The van der Waals surface area contributed by atoms with Crippen LogP contribution in [0.2, 0.25) is 18.1 Å². The van der Waals surface area contributed by atoms with Crippen LogP contribution in [-0.4, -0.2) is 25.2 Å². The molecular weight excluding hydrogens is 400 g/mol. The largest absolute Gasteiger partial charge is 0.543 e. The summed E-state index contributed by atoms with van der Waals surface area (Å²) < 4.78 is 17.4. The van der Waals surface area contributed by atoms with Crippen molar-refractivity contribution in [3.05, 3.63) is 47.5 Å². The molecule has 2 aromatic carbocycles. The molecule has 1 N–H and O–H groups in total. The third-order valence-electron chi connectivity index (χ3n) is 5.67. The summed E-state index contributed by atoms with van der Waals surface area (Å²) in [5, 5.41) is 10.5. The van der Waals surface area contributed by atoms with Crippen molar-refractivity contribution in [3.8, 4) is 23.0 Å². The molecule has 30 heavy (non-hydrogen) atoms. The van der Waals surface area contributed by atoms with Crippen LogP contribution in [0.25, 0.3) is 0 Å². The van der Waals surface area contributed by atoms with Gasteiger partial charge in [-0.1, -0.05) is 32.9 Å². The molecule has 7 heteroatoms. The third-order valence-corrected chi connectivity index (χ3v) is 10.0. The molecule has 0 fully saturated rings. The van der Waals surface area contributed by atoms with Crippen molar-refractivity contribution in [2.75, 3.05) is 0 Å². The number of ether oxygens (including phenoxy) is 2. The van der Waals surface area contributed by atoms with Crippen molar-refractivity contribution < 1.29 is 28.6 Å². The summed E-state index contributed by atoms with van der Waals surface area (Å²) >= 11 is 0. The lowest BCUT2D eigenvalue weighted by Gasteiger charge is -2.37. The fourth-order valence-electron chi connectivity index (χ4n) is 3.02. The van der Waals surface area contributed by atoms with Crippen molar-refractivity contribution in [3.63, 3.8) is 0 Å². The first-order valence-electron chi connectivity index (χ1n) is 9.91. The second kappa shape index (κ2) is 7.79. The predicted molar refractivity (Wildman–Crippen MR) is 116 cm³/mol. The van der Waals surface area contributed by atoms with Crippen LogP contribution in [-0.2, 0) is 4.79 Å². The highest BCUT2D eigenvalue weighted by Crippen LogP contribution is 2.44. The van der Waals surface area contributed by atoms with Crippen molar-refractivity contribution >= 4 is 20.1 Å². The van der Waals surface area contributed by atoms with Gasteiger partial charge < -0.3 is 19.0 Å². The number of phenols is 1. The lowest BCUT2D eigenvalue weighted by Crippen LogP contribution is -2.43. The Morgan fingerprint density at radius 1 is 1.13 bits per heavy atom. The number of benzene rings is 2. The highest BCUT2D eigenvalue weighted by molar-refractivity contribution is 6.74. The van der Waals surface area contributed by atoms with Crippen LogP contribution >= 0.6 is 0 Å². The van der Waals surface area contributed by atoms with Crippen molar-refractivity contribution in [1.29, 1.82) is 0 Å². The number of carbonyl (C=O) groups excluding carboxylic acids is 2. The molecule has 0 amide bonds. The van der Waals surface area contributed by atoms with E-state index in [1.54, 1.807) is 30.3 Å². The Balaban J connectivity index is 1.88. The fraction of sp³-hybridized carbons (Fsp3) is 0.391. The molecule has 1 atom stereocenters. The van der Waals surface area contributed by atoms with Gasteiger partial charge in [-0.3, -0.25) is 9.59 Å². The van der Waals surface area contributed by atoms with Crippen LogP contribution in [0.5, 0.6) is 23.0 Å². The van der Waals surface area contributed by atoms with Crippen LogP contribution in [0.15, 0.2) is 36.4 Å². The first kappa shape index (κ1) is 21.9. The van der Waals surface area contributed by atoms with E-state index in [0.29, 0.717) is 17.2 Å². The molecule has 160 valence electrons. The fourth-order valence-corrected chi connectivity index (χ4v) is 4.04. The molecule has 0 unspecified atom stereocenters. The van der Waals surface area contributed by atoms with Crippen molar-refractivity contribution in [1.82, 2.24) is 0 Å². The molecule has 0 aromatic heterocycles. The van der Waals surface area contributed by atoms with Gasteiger partial charge >= 0.3 is 5.97 Å². The molecule has 6 nitrogen and oxygen atoms in total. The van der Waals surface area contributed by atoms with E-state index in [1.807, 2.05) is 0 Å². The minimum absolute atomic E-state index is 0.0125. The molecular formula is C23H28O6Si. The second-order valence-electron chi connectivity index (χ2n) is 9.07. The second-order valence-corrected chi connectivity index (χ2v) is 13.8. The molecule has 0 radical (unpaired) electrons. The van der Waals surface area contributed by atoms with Crippen molar-refractivity contribution in [2.24, 2.45) is 0 Å². The van der Waals surface area contributed by atoms with Crippen LogP contribution < -0.4 is 13.9 Å². The quantitative estimate of drug-likeness (QED) is 0.398. The first-order chi connectivity index (χ1) is 13.9. The zero-order chi connectivity index (χ0) is 22.3. The molecule has 1 aliphatic rings. The number of aromatic hydroxyl groups is 1. The SMILES string of the molecule is CC(=O)Oc1ccc([C@H]2CC(=O)c3c(O)cc(O[Si](C)(C)C(C)(C)C)cc3O2)cc1. The number of phenolic OH excluding ortho intramolecular Hbond substituents is 1. The van der Waals surface area contributed by atoms with E-state index in [-0.39, 0.29) is 28.6 Å². The van der Waals surface area contributed by atoms with E-state index in [9.17, 15) is 14.7 Å². The average molecular weight is 429 g/mol. The van der Waals surface area contributed by atoms with Gasteiger partial charge in [-0.15, -0.1) is 0 Å². The lowest BCUT2D eigenvalue weighted by atomic mass is 9.95. The average Bonchev–Trinajstić information content (AvgIpc) is 2.59. The molecule has 0 aliphatic carbocycles. The molecule has 0 saturated heterocycles. The number of hydrogen-bond acceptors (Lipinski definition) is 6. The smallest absolute Gasteiger partial charge is 0.308 e. The molecule has 3 rings (SSSR count). The van der Waals surface area contributed by atoms with Crippen molar-refractivity contribution in [2.45, 2.75) is 58.4 Å². The van der Waals surface area contributed by atoms with E-state index in [4.69, 9.17) is 13.9 Å². The predicted octanol–water partition coefficient (Wildman–Crippen LogP) is 5.41. The van der Waals surface area contributed by atoms with Gasteiger partial charge in [0.2, 0.25) is 8.32 Å². The highest BCUT2D eigenvalue weighted by atomic mass is 28.4. The number of Topliss-reactive ketones (excluding diaryl/α,β-unsaturated/α-hetero) is 1. The van der Waals surface area contributed by atoms with Gasteiger partial charge in [0.1, 0.15) is 34.7 Å². The minimum atomic E-state index is -2.12. The Hall–Kier alpha value is -2.80. The zero-order valence-electron chi connectivity index (χ0n) is 18.2. The monoisotopic (exact) mass is 428 g/mol. The third kappa shape index (κ3) is 4.51. The maximum absolute atomic E-state index is 12.7. The molecule has 0 spiro atoms. The van der Waals surface area contributed by atoms with E-state index in [1.165, 1.54) is 13.0 Å². The van der Waals surface area contributed by atoms with Gasteiger partial charge in [0.15, 0.2) is 5.78 Å². The maximum Gasteiger partial charge on any atom is 0.308 e. The number of fused-ring (bicyclic) bond motifs is 1. The summed E-state index contributed by atoms with van der Waals surface area (Å²) in [6.45, 7) is 12.0. The van der Waals surface area contributed by atoms with E-state index in [0.717, 1.165) is 5.56 Å². The Morgan fingerprint density at radius 2 is 1.77 bits per heavy atom. The Labute approximate surface area is 177 Å². The standard InChI is InChI=1S/C23H28O6Si/c1-14(24)27-16-9-7-15(8-10-16)20-13-19(26)22-18(25)11-17(12-21(22)28-20)29-30(5,6)23(2,3)4/h7-12,20,25H,13H2,1-6H3/t20-/m1/s1. The van der Waals surface area contributed by atoms with Crippen LogP contribution in [0.3, 0.4) is 0 Å². The first-order valence-corrected chi connectivity index (χ1v) is 12.8. The summed E-state index contributed by atoms with van der Waals surface area (Å²) in [7, 11) is -2.12. The Morgan fingerprint density at radius 3 is 2.33 bits per heavy atom. The van der Waals surface area contributed by atoms with Gasteiger partial charge in [-0.25, -0.2) is 0 Å². The van der Waals surface area contributed by atoms with Gasteiger partial charge in [0.25, 0.3) is 0 Å². The number of esters is 1. The zero-order valence-corrected chi connectivity index (χ0v) is 19.2. The number of ketones is 1. The summed E-state index contributed by atoms with van der Waals surface area (Å²) in [6.07, 6.45) is -0.394. The van der Waals surface area contributed by atoms with Crippen LogP contribution in [0, 0.1) is 0 Å². The topological polar surface area (TPSA) is 82.1 Å².